The number of piperidine rings is 1. The molecule has 0 saturated carbocycles. The van der Waals surface area contributed by atoms with Gasteiger partial charge >= 0.3 is 0 Å². The van der Waals surface area contributed by atoms with Crippen molar-refractivity contribution in [1.29, 1.82) is 0 Å². The zero-order valence-corrected chi connectivity index (χ0v) is 13.5. The topological polar surface area (TPSA) is 58.6 Å². The normalized spacial score (nSPS) is 25.6. The minimum Gasteiger partial charge on any atom is -0.484 e. The summed E-state index contributed by atoms with van der Waals surface area (Å²) in [6.45, 7) is 1.33. The standard InChI is InChI=1S/C17H20F2N2O3/c1-12-2-4-13(5-3-12)24-8-14(22)21-10-16(6-7-20-15(16)23)9-17(18,19)11-21/h2-5H,6-11H2,1H3,(H,20,23). The zero-order chi connectivity index (χ0) is 17.4. The van der Waals surface area contributed by atoms with E-state index in [0.29, 0.717) is 18.7 Å². The van der Waals surface area contributed by atoms with E-state index in [2.05, 4.69) is 5.32 Å². The van der Waals surface area contributed by atoms with Crippen molar-refractivity contribution < 1.29 is 23.1 Å². The zero-order valence-electron chi connectivity index (χ0n) is 13.5. The Morgan fingerprint density at radius 2 is 2.00 bits per heavy atom. The Hall–Kier alpha value is -2.18. The van der Waals surface area contributed by atoms with E-state index in [1.54, 1.807) is 12.1 Å². The first-order chi connectivity index (χ1) is 11.3. The number of hydrogen-bond acceptors (Lipinski definition) is 3. The number of benzene rings is 1. The molecule has 0 radical (unpaired) electrons. The molecular formula is C17H20F2N2O3. The molecule has 0 aliphatic carbocycles. The van der Waals surface area contributed by atoms with Crippen molar-refractivity contribution in [3.63, 3.8) is 0 Å². The first kappa shape index (κ1) is 16.7. The summed E-state index contributed by atoms with van der Waals surface area (Å²) in [5, 5.41) is 2.60. The van der Waals surface area contributed by atoms with Crippen LogP contribution in [-0.2, 0) is 9.59 Å². The molecule has 1 N–H and O–H groups in total. The van der Waals surface area contributed by atoms with E-state index in [9.17, 15) is 18.4 Å². The van der Waals surface area contributed by atoms with Gasteiger partial charge in [-0.05, 0) is 25.5 Å². The maximum atomic E-state index is 14.1. The summed E-state index contributed by atoms with van der Waals surface area (Å²) in [7, 11) is 0. The Bertz CT molecular complexity index is 648. The van der Waals surface area contributed by atoms with Crippen LogP contribution in [0.4, 0.5) is 8.78 Å². The van der Waals surface area contributed by atoms with Gasteiger partial charge in [-0.1, -0.05) is 17.7 Å². The maximum absolute atomic E-state index is 14.1. The molecule has 2 aliphatic rings. The predicted octanol–water partition coefficient (Wildman–Crippen LogP) is 1.75. The van der Waals surface area contributed by atoms with Gasteiger partial charge in [-0.2, -0.15) is 0 Å². The molecule has 1 aromatic rings. The minimum absolute atomic E-state index is 0.0184. The van der Waals surface area contributed by atoms with Gasteiger partial charge in [-0.3, -0.25) is 9.59 Å². The highest BCUT2D eigenvalue weighted by Gasteiger charge is 2.55. The highest BCUT2D eigenvalue weighted by Crippen LogP contribution is 2.43. The molecule has 5 nitrogen and oxygen atoms in total. The number of aryl methyl sites for hydroxylation is 1. The van der Waals surface area contributed by atoms with Crippen molar-refractivity contribution in [3.8, 4) is 5.75 Å². The molecule has 2 saturated heterocycles. The Kier molecular flexibility index (Phi) is 4.19. The van der Waals surface area contributed by atoms with Crippen LogP contribution in [0.15, 0.2) is 24.3 Å². The van der Waals surface area contributed by atoms with Crippen LogP contribution in [0.3, 0.4) is 0 Å². The second-order valence-corrected chi connectivity index (χ2v) is 6.67. The fourth-order valence-corrected chi connectivity index (χ4v) is 3.39. The number of nitrogens with one attached hydrogen (secondary N) is 1. The van der Waals surface area contributed by atoms with Gasteiger partial charge in [0.15, 0.2) is 6.61 Å². The highest BCUT2D eigenvalue weighted by molar-refractivity contribution is 5.86. The highest BCUT2D eigenvalue weighted by atomic mass is 19.3. The second-order valence-electron chi connectivity index (χ2n) is 6.67. The molecule has 0 bridgehead atoms. The van der Waals surface area contributed by atoms with Gasteiger partial charge in [0.1, 0.15) is 5.75 Å². The predicted molar refractivity (Wildman–Crippen MR) is 82.9 cm³/mol. The van der Waals surface area contributed by atoms with Gasteiger partial charge in [0.2, 0.25) is 5.91 Å². The molecule has 2 amide bonds. The Morgan fingerprint density at radius 1 is 1.29 bits per heavy atom. The summed E-state index contributed by atoms with van der Waals surface area (Å²) < 4.78 is 33.5. The molecule has 0 aromatic heterocycles. The van der Waals surface area contributed by atoms with Gasteiger partial charge in [0.25, 0.3) is 11.8 Å². The van der Waals surface area contributed by atoms with Crippen LogP contribution < -0.4 is 10.1 Å². The summed E-state index contributed by atoms with van der Waals surface area (Å²) in [5.41, 5.74) is -0.125. The van der Waals surface area contributed by atoms with Crippen LogP contribution in [0.5, 0.6) is 5.75 Å². The van der Waals surface area contributed by atoms with Crippen molar-refractivity contribution in [3.05, 3.63) is 29.8 Å². The third-order valence-corrected chi connectivity index (χ3v) is 4.62. The number of ether oxygens (including phenoxy) is 1. The number of likely N-dealkylation sites (tertiary alicyclic amines) is 1. The molecule has 3 rings (SSSR count). The van der Waals surface area contributed by atoms with E-state index in [0.717, 1.165) is 10.5 Å². The van der Waals surface area contributed by atoms with Crippen molar-refractivity contribution in [2.75, 3.05) is 26.2 Å². The number of carbonyl (C=O) groups is 2. The van der Waals surface area contributed by atoms with Crippen LogP contribution >= 0.6 is 0 Å². The quantitative estimate of drug-likeness (QED) is 0.913. The lowest BCUT2D eigenvalue weighted by molar-refractivity contribution is -0.161. The van der Waals surface area contributed by atoms with E-state index in [-0.39, 0.29) is 19.1 Å². The third-order valence-electron chi connectivity index (χ3n) is 4.62. The molecule has 1 spiro atoms. The molecule has 1 unspecified atom stereocenters. The second kappa shape index (κ2) is 6.03. The lowest BCUT2D eigenvalue weighted by Gasteiger charge is -2.42. The van der Waals surface area contributed by atoms with Gasteiger partial charge in [0, 0.05) is 19.5 Å². The molecule has 130 valence electrons. The monoisotopic (exact) mass is 338 g/mol. The van der Waals surface area contributed by atoms with Crippen LogP contribution in [-0.4, -0.2) is 48.9 Å². The Morgan fingerprint density at radius 3 is 2.62 bits per heavy atom. The minimum atomic E-state index is -3.07. The summed E-state index contributed by atoms with van der Waals surface area (Å²) in [4.78, 5) is 25.4. The van der Waals surface area contributed by atoms with Crippen molar-refractivity contribution in [2.24, 2.45) is 5.41 Å². The van der Waals surface area contributed by atoms with E-state index < -0.39 is 30.2 Å². The number of halogens is 2. The Labute approximate surface area is 139 Å². The van der Waals surface area contributed by atoms with E-state index >= 15 is 0 Å². The van der Waals surface area contributed by atoms with E-state index in [4.69, 9.17) is 4.74 Å². The molecule has 1 aromatic carbocycles. The molecule has 2 aliphatic heterocycles. The van der Waals surface area contributed by atoms with Crippen LogP contribution in [0, 0.1) is 12.3 Å². The molecule has 2 heterocycles. The smallest absolute Gasteiger partial charge is 0.266 e. The van der Waals surface area contributed by atoms with Crippen molar-refractivity contribution in [2.45, 2.75) is 25.7 Å². The number of nitrogens with zero attached hydrogens (tertiary/aromatic N) is 1. The number of carbonyl (C=O) groups excluding carboxylic acids is 2. The largest absolute Gasteiger partial charge is 0.484 e. The Balaban J connectivity index is 1.67. The number of hydrogen-bond donors (Lipinski definition) is 1. The molecular weight excluding hydrogens is 318 g/mol. The lowest BCUT2D eigenvalue weighted by Crippen LogP contribution is -2.57. The van der Waals surface area contributed by atoms with Crippen LogP contribution in [0.2, 0.25) is 0 Å². The lowest BCUT2D eigenvalue weighted by atomic mass is 9.77. The first-order valence-electron chi connectivity index (χ1n) is 7.93. The van der Waals surface area contributed by atoms with E-state index in [1.165, 1.54) is 0 Å². The fraction of sp³-hybridized carbons (Fsp3) is 0.529. The summed E-state index contributed by atoms with van der Waals surface area (Å²) >= 11 is 0. The SMILES string of the molecule is Cc1ccc(OCC(=O)N2CC(F)(F)CC3(CCNC3=O)C2)cc1. The van der Waals surface area contributed by atoms with Gasteiger partial charge in [-0.15, -0.1) is 0 Å². The van der Waals surface area contributed by atoms with Crippen LogP contribution in [0.25, 0.3) is 0 Å². The average molecular weight is 338 g/mol. The first-order valence-corrected chi connectivity index (χ1v) is 7.93. The summed E-state index contributed by atoms with van der Waals surface area (Å²) in [6.07, 6.45) is -0.182. The van der Waals surface area contributed by atoms with Crippen molar-refractivity contribution >= 4 is 11.8 Å². The third kappa shape index (κ3) is 3.34. The maximum Gasteiger partial charge on any atom is 0.266 e. The average Bonchev–Trinajstić information content (AvgIpc) is 2.84. The fourth-order valence-electron chi connectivity index (χ4n) is 3.39. The number of rotatable bonds is 3. The van der Waals surface area contributed by atoms with Gasteiger partial charge in [0.05, 0.1) is 12.0 Å². The van der Waals surface area contributed by atoms with E-state index in [1.807, 2.05) is 19.1 Å². The molecule has 1 atom stereocenters. The molecule has 7 heteroatoms. The van der Waals surface area contributed by atoms with Crippen molar-refractivity contribution in [1.82, 2.24) is 10.2 Å². The van der Waals surface area contributed by atoms with Crippen LogP contribution in [0.1, 0.15) is 18.4 Å². The molecule has 24 heavy (non-hydrogen) atoms. The number of alkyl halides is 2. The summed E-state index contributed by atoms with van der Waals surface area (Å²) in [5.74, 6) is -3.49. The number of amides is 2. The van der Waals surface area contributed by atoms with Gasteiger partial charge in [-0.25, -0.2) is 8.78 Å². The summed E-state index contributed by atoms with van der Waals surface area (Å²) in [6, 6.07) is 7.12. The molecule has 2 fully saturated rings. The van der Waals surface area contributed by atoms with Gasteiger partial charge < -0.3 is 15.0 Å².